The van der Waals surface area contributed by atoms with E-state index in [2.05, 4.69) is 5.32 Å². The molecule has 0 fully saturated rings. The minimum atomic E-state index is -1.56. The summed E-state index contributed by atoms with van der Waals surface area (Å²) in [6.45, 7) is 2.68. The van der Waals surface area contributed by atoms with Crippen LogP contribution >= 0.6 is 0 Å². The Bertz CT molecular complexity index is 688. The van der Waals surface area contributed by atoms with E-state index in [1.807, 2.05) is 24.3 Å². The molecule has 0 radical (unpaired) electrons. The van der Waals surface area contributed by atoms with E-state index in [9.17, 15) is 14.7 Å². The summed E-state index contributed by atoms with van der Waals surface area (Å²) in [6.07, 6.45) is 0. The monoisotopic (exact) mass is 287 g/mol. The fourth-order valence-corrected chi connectivity index (χ4v) is 2.09. The molecule has 0 bridgehead atoms. The molecule has 0 aromatic heterocycles. The summed E-state index contributed by atoms with van der Waals surface area (Å²) in [5, 5.41) is 23.2. The largest absolute Gasteiger partial charge is 0.480 e. The third-order valence-corrected chi connectivity index (χ3v) is 3.24. The lowest BCUT2D eigenvalue weighted by Gasteiger charge is -2.26. The van der Waals surface area contributed by atoms with E-state index >= 15 is 0 Å². The quantitative estimate of drug-likeness (QED) is 0.800. The minimum Gasteiger partial charge on any atom is -0.480 e. The van der Waals surface area contributed by atoms with Gasteiger partial charge in [0.15, 0.2) is 6.04 Å². The lowest BCUT2D eigenvalue weighted by molar-refractivity contribution is -0.145. The molecule has 21 heavy (non-hydrogen) atoms. The van der Waals surface area contributed by atoms with Crippen LogP contribution in [0.1, 0.15) is 24.2 Å². The molecule has 1 amide bonds. The van der Waals surface area contributed by atoms with Gasteiger partial charge < -0.3 is 15.5 Å². The number of hydrogen-bond acceptors (Lipinski definition) is 3. The molecule has 5 nitrogen and oxygen atoms in total. The zero-order valence-corrected chi connectivity index (χ0v) is 11.8. The average molecular weight is 287 g/mol. The Kier molecular flexibility index (Phi) is 3.95. The number of aliphatic carboxylic acids is 1. The first kappa shape index (κ1) is 15.0. The molecule has 0 heterocycles. The first-order valence-corrected chi connectivity index (χ1v) is 6.54. The van der Waals surface area contributed by atoms with E-state index in [-0.39, 0.29) is 0 Å². The summed E-state index contributed by atoms with van der Waals surface area (Å²) in [7, 11) is 0. The van der Waals surface area contributed by atoms with Gasteiger partial charge in [0.2, 0.25) is 0 Å². The van der Waals surface area contributed by atoms with Gasteiger partial charge in [-0.1, -0.05) is 30.3 Å². The van der Waals surface area contributed by atoms with Crippen LogP contribution in [-0.4, -0.2) is 33.7 Å². The molecular weight excluding hydrogens is 270 g/mol. The number of carbonyl (C=O) groups is 2. The van der Waals surface area contributed by atoms with E-state index < -0.39 is 23.5 Å². The molecule has 0 aliphatic rings. The van der Waals surface area contributed by atoms with Gasteiger partial charge in [0, 0.05) is 5.56 Å². The second-order valence-electron chi connectivity index (χ2n) is 5.46. The molecule has 2 rings (SSSR count). The van der Waals surface area contributed by atoms with Crippen LogP contribution in [0.2, 0.25) is 0 Å². The first-order chi connectivity index (χ1) is 9.79. The normalized spacial score (nSPS) is 12.9. The second-order valence-corrected chi connectivity index (χ2v) is 5.46. The summed E-state index contributed by atoms with van der Waals surface area (Å²) in [6, 6.07) is 11.3. The third kappa shape index (κ3) is 3.38. The number of carbonyl (C=O) groups excluding carboxylic acids is 1. The van der Waals surface area contributed by atoms with Crippen LogP contribution in [-0.2, 0) is 4.79 Å². The molecule has 2 aromatic rings. The van der Waals surface area contributed by atoms with Crippen LogP contribution in [0.25, 0.3) is 10.8 Å². The van der Waals surface area contributed by atoms with Gasteiger partial charge in [-0.2, -0.15) is 0 Å². The van der Waals surface area contributed by atoms with Gasteiger partial charge in [0.1, 0.15) is 0 Å². The predicted molar refractivity (Wildman–Crippen MR) is 79.1 cm³/mol. The Labute approximate surface area is 122 Å². The van der Waals surface area contributed by atoms with Crippen molar-refractivity contribution in [3.05, 3.63) is 48.0 Å². The minimum absolute atomic E-state index is 0.351. The highest BCUT2D eigenvalue weighted by Gasteiger charge is 2.34. The fourth-order valence-electron chi connectivity index (χ4n) is 2.09. The number of fused-ring (bicyclic) bond motifs is 1. The highest BCUT2D eigenvalue weighted by Crippen LogP contribution is 2.16. The van der Waals surface area contributed by atoms with Crippen LogP contribution in [0.5, 0.6) is 0 Å². The van der Waals surface area contributed by atoms with Crippen molar-refractivity contribution >= 4 is 22.6 Å². The Balaban J connectivity index is 2.27. The van der Waals surface area contributed by atoms with E-state index in [1.54, 1.807) is 18.2 Å². The number of carboxylic acid groups (broad SMARTS) is 1. The van der Waals surface area contributed by atoms with Gasteiger partial charge in [0.05, 0.1) is 5.60 Å². The lowest BCUT2D eigenvalue weighted by atomic mass is 9.98. The van der Waals surface area contributed by atoms with Crippen molar-refractivity contribution in [1.82, 2.24) is 5.32 Å². The highest BCUT2D eigenvalue weighted by atomic mass is 16.4. The molecule has 5 heteroatoms. The standard InChI is InChI=1S/C16H17NO4/c1-16(2,21)13(15(19)20)17-14(18)12-8-7-10-5-3-4-6-11(10)9-12/h3-9,13,21H,1-2H3,(H,17,18)(H,19,20)/t13-/m1/s1. The van der Waals surface area contributed by atoms with Crippen molar-refractivity contribution in [2.45, 2.75) is 25.5 Å². The zero-order valence-electron chi connectivity index (χ0n) is 11.8. The molecule has 0 saturated heterocycles. The van der Waals surface area contributed by atoms with Gasteiger partial charge >= 0.3 is 5.97 Å². The zero-order chi connectivity index (χ0) is 15.6. The number of carboxylic acids is 1. The van der Waals surface area contributed by atoms with E-state index in [1.165, 1.54) is 13.8 Å². The molecule has 0 spiro atoms. The summed E-state index contributed by atoms with van der Waals surface area (Å²) >= 11 is 0. The van der Waals surface area contributed by atoms with Crippen molar-refractivity contribution < 1.29 is 19.8 Å². The Morgan fingerprint density at radius 1 is 1.10 bits per heavy atom. The molecular formula is C16H17NO4. The molecule has 3 N–H and O–H groups in total. The molecule has 2 aromatic carbocycles. The maximum atomic E-state index is 12.2. The Morgan fingerprint density at radius 2 is 1.71 bits per heavy atom. The summed E-state index contributed by atoms with van der Waals surface area (Å²) in [5.41, 5.74) is -1.21. The second kappa shape index (κ2) is 5.54. The topological polar surface area (TPSA) is 86.6 Å². The van der Waals surface area contributed by atoms with E-state index in [0.29, 0.717) is 5.56 Å². The van der Waals surface area contributed by atoms with Gasteiger partial charge in [-0.25, -0.2) is 4.79 Å². The SMILES string of the molecule is CC(C)(O)[C@H](NC(=O)c1ccc2ccccc2c1)C(=O)O. The summed E-state index contributed by atoms with van der Waals surface area (Å²) < 4.78 is 0. The van der Waals surface area contributed by atoms with Crippen LogP contribution in [0.4, 0.5) is 0 Å². The molecule has 1 atom stereocenters. The van der Waals surface area contributed by atoms with Gasteiger partial charge in [-0.15, -0.1) is 0 Å². The number of nitrogens with one attached hydrogen (secondary N) is 1. The number of aliphatic hydroxyl groups is 1. The fraction of sp³-hybridized carbons (Fsp3) is 0.250. The lowest BCUT2D eigenvalue weighted by Crippen LogP contribution is -2.54. The summed E-state index contributed by atoms with van der Waals surface area (Å²) in [4.78, 5) is 23.3. The van der Waals surface area contributed by atoms with Crippen molar-refractivity contribution in [1.29, 1.82) is 0 Å². The molecule has 110 valence electrons. The van der Waals surface area contributed by atoms with Crippen LogP contribution in [0.3, 0.4) is 0 Å². The molecule has 0 unspecified atom stereocenters. The number of hydrogen-bond donors (Lipinski definition) is 3. The van der Waals surface area contributed by atoms with Crippen molar-refractivity contribution in [2.75, 3.05) is 0 Å². The van der Waals surface area contributed by atoms with Crippen molar-refractivity contribution in [2.24, 2.45) is 0 Å². The van der Waals surface area contributed by atoms with Gasteiger partial charge in [0.25, 0.3) is 5.91 Å². The smallest absolute Gasteiger partial charge is 0.329 e. The first-order valence-electron chi connectivity index (χ1n) is 6.54. The number of benzene rings is 2. The predicted octanol–water partition coefficient (Wildman–Crippen LogP) is 1.79. The Hall–Kier alpha value is -2.40. The molecule has 0 aliphatic carbocycles. The van der Waals surface area contributed by atoms with Crippen LogP contribution in [0, 0.1) is 0 Å². The van der Waals surface area contributed by atoms with Crippen molar-refractivity contribution in [3.8, 4) is 0 Å². The average Bonchev–Trinajstić information content (AvgIpc) is 2.42. The van der Waals surface area contributed by atoms with Gasteiger partial charge in [-0.05, 0) is 36.8 Å². The van der Waals surface area contributed by atoms with Crippen LogP contribution < -0.4 is 5.32 Å². The highest BCUT2D eigenvalue weighted by molar-refractivity contribution is 6.00. The molecule has 0 saturated carbocycles. The third-order valence-electron chi connectivity index (χ3n) is 3.24. The van der Waals surface area contributed by atoms with E-state index in [4.69, 9.17) is 5.11 Å². The van der Waals surface area contributed by atoms with E-state index in [0.717, 1.165) is 10.8 Å². The molecule has 0 aliphatic heterocycles. The van der Waals surface area contributed by atoms with Gasteiger partial charge in [-0.3, -0.25) is 4.79 Å². The Morgan fingerprint density at radius 3 is 2.29 bits per heavy atom. The maximum Gasteiger partial charge on any atom is 0.329 e. The maximum absolute atomic E-state index is 12.2. The number of amides is 1. The van der Waals surface area contributed by atoms with Crippen LogP contribution in [0.15, 0.2) is 42.5 Å². The summed E-state index contributed by atoms with van der Waals surface area (Å²) in [5.74, 6) is -1.81. The number of rotatable bonds is 4. The van der Waals surface area contributed by atoms with Crippen molar-refractivity contribution in [3.63, 3.8) is 0 Å².